The number of nitrogens with zero attached hydrogens (tertiary/aromatic N) is 1. The maximum absolute atomic E-state index is 11.8. The Balaban J connectivity index is 1.70. The van der Waals surface area contributed by atoms with Gasteiger partial charge in [0.05, 0.1) is 5.71 Å². The number of rotatable bonds is 7. The Morgan fingerprint density at radius 3 is 2.46 bits per heavy atom. The van der Waals surface area contributed by atoms with E-state index in [1.807, 2.05) is 55.5 Å². The van der Waals surface area contributed by atoms with Crippen molar-refractivity contribution in [2.75, 3.05) is 17.6 Å². The van der Waals surface area contributed by atoms with Crippen LogP contribution in [0.5, 0.6) is 0 Å². The minimum absolute atomic E-state index is 0.0950. The summed E-state index contributed by atoms with van der Waals surface area (Å²) >= 11 is 3.40. The molecule has 2 aromatic rings. The zero-order valence-corrected chi connectivity index (χ0v) is 15.1. The van der Waals surface area contributed by atoms with E-state index >= 15 is 0 Å². The number of anilines is 2. The van der Waals surface area contributed by atoms with Gasteiger partial charge < -0.3 is 11.1 Å². The van der Waals surface area contributed by atoms with Crippen LogP contribution in [0.25, 0.3) is 0 Å². The van der Waals surface area contributed by atoms with Crippen molar-refractivity contribution >= 4 is 38.9 Å². The lowest BCUT2D eigenvalue weighted by atomic mass is 10.1. The Labute approximate surface area is 150 Å². The summed E-state index contributed by atoms with van der Waals surface area (Å²) < 4.78 is 1.04. The van der Waals surface area contributed by atoms with E-state index < -0.39 is 0 Å². The largest absolute Gasteiger partial charge is 0.399 e. The Hall–Kier alpha value is -2.34. The van der Waals surface area contributed by atoms with Crippen LogP contribution < -0.4 is 16.5 Å². The van der Waals surface area contributed by atoms with Gasteiger partial charge in [-0.15, -0.1) is 0 Å². The molecule has 2 rings (SSSR count). The van der Waals surface area contributed by atoms with Crippen molar-refractivity contribution in [3.63, 3.8) is 0 Å². The molecule has 2 aromatic carbocycles. The van der Waals surface area contributed by atoms with Crippen LogP contribution >= 0.6 is 15.9 Å². The molecule has 0 spiro atoms. The third-order valence-electron chi connectivity index (χ3n) is 3.43. The molecule has 24 heavy (non-hydrogen) atoms. The van der Waals surface area contributed by atoms with Gasteiger partial charge in [0.1, 0.15) is 0 Å². The number of hydrogen-bond acceptors (Lipinski definition) is 4. The number of nitrogens with one attached hydrogen (secondary N) is 2. The van der Waals surface area contributed by atoms with E-state index in [0.29, 0.717) is 12.1 Å². The summed E-state index contributed by atoms with van der Waals surface area (Å²) in [5.41, 5.74) is 11.7. The number of carbonyl (C=O) groups is 1. The Kier molecular flexibility index (Phi) is 6.81. The maximum Gasteiger partial charge on any atom is 0.240 e. The monoisotopic (exact) mass is 388 g/mol. The van der Waals surface area contributed by atoms with Crippen LogP contribution in [0.3, 0.4) is 0 Å². The van der Waals surface area contributed by atoms with Crippen molar-refractivity contribution in [1.29, 1.82) is 0 Å². The highest BCUT2D eigenvalue weighted by atomic mass is 79.9. The van der Waals surface area contributed by atoms with Crippen LogP contribution in [-0.4, -0.2) is 18.2 Å². The summed E-state index contributed by atoms with van der Waals surface area (Å²) in [4.78, 5) is 11.8. The third-order valence-corrected chi connectivity index (χ3v) is 3.96. The summed E-state index contributed by atoms with van der Waals surface area (Å²) in [5.74, 6) is -0.0950. The zero-order chi connectivity index (χ0) is 17.4. The lowest BCUT2D eigenvalue weighted by Gasteiger charge is -2.06. The number of hydrazone groups is 1. The van der Waals surface area contributed by atoms with Crippen molar-refractivity contribution in [3.8, 4) is 0 Å². The minimum atomic E-state index is -0.0950. The highest BCUT2D eigenvalue weighted by Crippen LogP contribution is 2.14. The molecular formula is C18H21BrN4O. The number of carbonyl (C=O) groups excluding carboxylic acids is 1. The number of halogens is 1. The van der Waals surface area contributed by atoms with Crippen LogP contribution in [0.1, 0.15) is 25.3 Å². The third kappa shape index (κ3) is 6.04. The highest BCUT2D eigenvalue weighted by molar-refractivity contribution is 9.10. The van der Waals surface area contributed by atoms with Gasteiger partial charge in [-0.05, 0) is 55.3 Å². The molecule has 1 amide bonds. The molecule has 6 heteroatoms. The normalized spacial score (nSPS) is 11.2. The fourth-order valence-electron chi connectivity index (χ4n) is 2.04. The molecule has 5 nitrogen and oxygen atoms in total. The second-order valence-corrected chi connectivity index (χ2v) is 6.31. The first-order valence-corrected chi connectivity index (χ1v) is 8.52. The molecule has 0 unspecified atom stereocenters. The number of nitrogens with two attached hydrogens (primary N) is 1. The predicted molar refractivity (Wildman–Crippen MR) is 103 cm³/mol. The minimum Gasteiger partial charge on any atom is -0.399 e. The predicted octanol–water partition coefficient (Wildman–Crippen LogP) is 3.76. The lowest BCUT2D eigenvalue weighted by Crippen LogP contribution is -2.20. The molecule has 0 saturated carbocycles. The number of hydrogen-bond donors (Lipinski definition) is 3. The Morgan fingerprint density at radius 1 is 1.12 bits per heavy atom. The number of benzene rings is 2. The molecule has 0 radical (unpaired) electrons. The first-order chi connectivity index (χ1) is 11.5. The Morgan fingerprint density at radius 2 is 1.79 bits per heavy atom. The fraction of sp³-hybridized carbons (Fsp3) is 0.222. The SMILES string of the molecule is CC(=NNC(=O)CCCNc1ccc(Br)cc1)c1ccc(N)cc1. The first kappa shape index (κ1) is 18.0. The van der Waals surface area contributed by atoms with Crippen LogP contribution in [0.4, 0.5) is 11.4 Å². The van der Waals surface area contributed by atoms with E-state index in [-0.39, 0.29) is 5.91 Å². The van der Waals surface area contributed by atoms with Crippen LogP contribution in [0.15, 0.2) is 58.1 Å². The number of nitrogen functional groups attached to an aromatic ring is 1. The van der Waals surface area contributed by atoms with E-state index in [1.165, 1.54) is 0 Å². The second-order valence-electron chi connectivity index (χ2n) is 5.39. The molecule has 4 N–H and O–H groups in total. The van der Waals surface area contributed by atoms with Crippen molar-refractivity contribution in [2.24, 2.45) is 5.10 Å². The van der Waals surface area contributed by atoms with Gasteiger partial charge in [-0.1, -0.05) is 28.1 Å². The average Bonchev–Trinajstić information content (AvgIpc) is 2.59. The number of amides is 1. The van der Waals surface area contributed by atoms with Crippen LogP contribution in [0, 0.1) is 0 Å². The van der Waals surface area contributed by atoms with Crippen molar-refractivity contribution in [3.05, 3.63) is 58.6 Å². The summed E-state index contributed by atoms with van der Waals surface area (Å²) in [6, 6.07) is 15.3. The van der Waals surface area contributed by atoms with Gasteiger partial charge >= 0.3 is 0 Å². The van der Waals surface area contributed by atoms with Crippen LogP contribution in [-0.2, 0) is 4.79 Å². The molecule has 0 aliphatic heterocycles. The summed E-state index contributed by atoms with van der Waals surface area (Å²) in [5, 5.41) is 7.40. The lowest BCUT2D eigenvalue weighted by molar-refractivity contribution is -0.121. The summed E-state index contributed by atoms with van der Waals surface area (Å²) in [6.45, 7) is 2.58. The molecule has 0 aromatic heterocycles. The van der Waals surface area contributed by atoms with E-state index in [4.69, 9.17) is 5.73 Å². The van der Waals surface area contributed by atoms with E-state index in [9.17, 15) is 4.79 Å². The van der Waals surface area contributed by atoms with Gasteiger partial charge in [-0.25, -0.2) is 5.43 Å². The van der Waals surface area contributed by atoms with E-state index in [0.717, 1.165) is 34.4 Å². The molecular weight excluding hydrogens is 368 g/mol. The van der Waals surface area contributed by atoms with Crippen molar-refractivity contribution in [1.82, 2.24) is 5.43 Å². The molecule has 0 fully saturated rings. The average molecular weight is 389 g/mol. The van der Waals surface area contributed by atoms with E-state index in [1.54, 1.807) is 0 Å². The van der Waals surface area contributed by atoms with Gasteiger partial charge in [0.25, 0.3) is 0 Å². The summed E-state index contributed by atoms with van der Waals surface area (Å²) in [7, 11) is 0. The Bertz CT molecular complexity index is 696. The van der Waals surface area contributed by atoms with Crippen molar-refractivity contribution in [2.45, 2.75) is 19.8 Å². The molecule has 0 aliphatic carbocycles. The molecule has 0 aliphatic rings. The maximum atomic E-state index is 11.8. The topological polar surface area (TPSA) is 79.5 Å². The van der Waals surface area contributed by atoms with Gasteiger partial charge in [0, 0.05) is 28.8 Å². The molecule has 0 heterocycles. The smallest absolute Gasteiger partial charge is 0.240 e. The van der Waals surface area contributed by atoms with Gasteiger partial charge in [0.15, 0.2) is 0 Å². The van der Waals surface area contributed by atoms with Gasteiger partial charge in [0.2, 0.25) is 5.91 Å². The molecule has 0 atom stereocenters. The first-order valence-electron chi connectivity index (χ1n) is 7.73. The molecule has 0 bridgehead atoms. The fourth-order valence-corrected chi connectivity index (χ4v) is 2.30. The second kappa shape index (κ2) is 9.08. The quantitative estimate of drug-likeness (QED) is 0.292. The van der Waals surface area contributed by atoms with Gasteiger partial charge in [-0.2, -0.15) is 5.10 Å². The molecule has 0 saturated heterocycles. The summed E-state index contributed by atoms with van der Waals surface area (Å²) in [6.07, 6.45) is 1.15. The molecule has 126 valence electrons. The van der Waals surface area contributed by atoms with Gasteiger partial charge in [-0.3, -0.25) is 4.79 Å². The van der Waals surface area contributed by atoms with Crippen molar-refractivity contribution < 1.29 is 4.79 Å². The van der Waals surface area contributed by atoms with E-state index in [2.05, 4.69) is 31.8 Å². The van der Waals surface area contributed by atoms with Crippen LogP contribution in [0.2, 0.25) is 0 Å². The standard InChI is InChI=1S/C18H21BrN4O/c1-13(14-4-8-16(20)9-5-14)22-23-18(24)3-2-12-21-17-10-6-15(19)7-11-17/h4-11,21H,2-3,12,20H2,1H3,(H,23,24). The zero-order valence-electron chi connectivity index (χ0n) is 13.6. The highest BCUT2D eigenvalue weighted by Gasteiger charge is 2.02.